The van der Waals surface area contributed by atoms with Gasteiger partial charge in [0.25, 0.3) is 0 Å². The first-order chi connectivity index (χ1) is 11.4. The van der Waals surface area contributed by atoms with Gasteiger partial charge in [-0.3, -0.25) is 4.57 Å². The van der Waals surface area contributed by atoms with Crippen LogP contribution in [0.25, 0.3) is 5.69 Å². The number of carbonyl (C=O) groups excluding carboxylic acids is 1. The Morgan fingerprint density at radius 3 is 2.31 bits per heavy atom. The van der Waals surface area contributed by atoms with Gasteiger partial charge in [0.2, 0.25) is 0 Å². The van der Waals surface area contributed by atoms with Crippen LogP contribution in [0.5, 0.6) is 0 Å². The van der Waals surface area contributed by atoms with Gasteiger partial charge in [-0.25, -0.2) is 18.4 Å². The summed E-state index contributed by atoms with van der Waals surface area (Å²) in [6, 6.07) is 0.840. The predicted molar refractivity (Wildman–Crippen MR) is 93.7 cm³/mol. The average molecular weight is 391 g/mol. The summed E-state index contributed by atoms with van der Waals surface area (Å²) in [5, 5.41) is 3.93. The Morgan fingerprint density at radius 1 is 1.27 bits per heavy atom. The Balaban J connectivity index is 0.00000338. The summed E-state index contributed by atoms with van der Waals surface area (Å²) < 4.78 is 35.6. The van der Waals surface area contributed by atoms with E-state index in [0.29, 0.717) is 10.7 Å². The zero-order valence-corrected chi connectivity index (χ0v) is 15.9. The van der Waals surface area contributed by atoms with Crippen molar-refractivity contribution in [1.82, 2.24) is 14.3 Å². The number of aromatic nitrogens is 3. The molecule has 1 aromatic carbocycles. The molecule has 2 rings (SSSR count). The van der Waals surface area contributed by atoms with Gasteiger partial charge in [0.1, 0.15) is 22.9 Å². The number of carbonyl (C=O) groups is 1. The maximum absolute atomic E-state index is 14.4. The van der Waals surface area contributed by atoms with E-state index < -0.39 is 46.2 Å². The van der Waals surface area contributed by atoms with Crippen LogP contribution in [0.15, 0.2) is 16.9 Å². The van der Waals surface area contributed by atoms with Crippen molar-refractivity contribution in [3.05, 3.63) is 45.6 Å². The summed E-state index contributed by atoms with van der Waals surface area (Å²) in [6.45, 7) is 6.43. The molecule has 1 aromatic heterocycles. The molecule has 0 saturated heterocycles. The molecule has 7 nitrogen and oxygen atoms in total. The number of hydrogen-bond donors (Lipinski definition) is 1. The highest BCUT2D eigenvalue weighted by atomic mass is 35.5. The lowest BCUT2D eigenvalue weighted by molar-refractivity contribution is 0.00641. The van der Waals surface area contributed by atoms with Crippen LogP contribution in [0, 0.1) is 11.6 Å². The molecule has 0 aliphatic rings. The second-order valence-electron chi connectivity index (χ2n) is 6.69. The van der Waals surface area contributed by atoms with Crippen LogP contribution in [0.1, 0.15) is 49.9 Å². The van der Waals surface area contributed by atoms with Crippen LogP contribution >= 0.6 is 12.4 Å². The SMILES string of the molecule is C[C@@H](N)c1nn(-c2cc(F)c(C(=O)OC(C)(C)C)cc2F)c(=O)n1C.Cl. The van der Waals surface area contributed by atoms with Crippen LogP contribution in [0.3, 0.4) is 0 Å². The van der Waals surface area contributed by atoms with Crippen LogP contribution in [0.4, 0.5) is 8.78 Å². The van der Waals surface area contributed by atoms with E-state index >= 15 is 0 Å². The van der Waals surface area contributed by atoms with Gasteiger partial charge in [0, 0.05) is 13.1 Å². The van der Waals surface area contributed by atoms with E-state index in [9.17, 15) is 18.4 Å². The molecule has 144 valence electrons. The fourth-order valence-corrected chi connectivity index (χ4v) is 2.19. The molecule has 10 heteroatoms. The monoisotopic (exact) mass is 390 g/mol. The van der Waals surface area contributed by atoms with E-state index in [1.807, 2.05) is 0 Å². The number of hydrogen-bond acceptors (Lipinski definition) is 5. The Labute approximate surface area is 155 Å². The Bertz CT molecular complexity index is 885. The number of benzene rings is 1. The first kappa shape index (κ1) is 21.8. The highest BCUT2D eigenvalue weighted by Crippen LogP contribution is 2.20. The lowest BCUT2D eigenvalue weighted by Crippen LogP contribution is -2.26. The Morgan fingerprint density at radius 2 is 1.85 bits per heavy atom. The molecule has 0 aliphatic carbocycles. The van der Waals surface area contributed by atoms with Gasteiger partial charge in [-0.1, -0.05) is 0 Å². The third-order valence-electron chi connectivity index (χ3n) is 3.30. The summed E-state index contributed by atoms with van der Waals surface area (Å²) in [5.74, 6) is -2.80. The van der Waals surface area contributed by atoms with Gasteiger partial charge in [0.15, 0.2) is 5.82 Å². The van der Waals surface area contributed by atoms with E-state index in [1.165, 1.54) is 7.05 Å². The predicted octanol–water partition coefficient (Wildman–Crippen LogP) is 2.25. The number of rotatable bonds is 3. The smallest absolute Gasteiger partial charge is 0.350 e. The largest absolute Gasteiger partial charge is 0.456 e. The van der Waals surface area contributed by atoms with Crippen molar-refractivity contribution in [3.63, 3.8) is 0 Å². The van der Waals surface area contributed by atoms with Crippen molar-refractivity contribution in [3.8, 4) is 5.69 Å². The maximum Gasteiger partial charge on any atom is 0.350 e. The van der Waals surface area contributed by atoms with E-state index in [1.54, 1.807) is 27.7 Å². The van der Waals surface area contributed by atoms with E-state index in [4.69, 9.17) is 10.5 Å². The van der Waals surface area contributed by atoms with E-state index in [0.717, 1.165) is 10.6 Å². The minimum absolute atomic E-state index is 0. The number of nitrogens with zero attached hydrogens (tertiary/aromatic N) is 3. The second kappa shape index (κ2) is 7.55. The maximum atomic E-state index is 14.4. The molecule has 0 fully saturated rings. The Kier molecular flexibility index (Phi) is 6.32. The summed E-state index contributed by atoms with van der Waals surface area (Å²) in [4.78, 5) is 24.2. The molecule has 0 radical (unpaired) electrons. The molecule has 0 spiro atoms. The summed E-state index contributed by atoms with van der Waals surface area (Å²) >= 11 is 0. The molecular formula is C16H21ClF2N4O3. The lowest BCUT2D eigenvalue weighted by atomic mass is 10.1. The van der Waals surface area contributed by atoms with E-state index in [-0.39, 0.29) is 18.2 Å². The quantitative estimate of drug-likeness (QED) is 0.811. The van der Waals surface area contributed by atoms with Gasteiger partial charge in [-0.15, -0.1) is 17.5 Å². The minimum Gasteiger partial charge on any atom is -0.456 e. The summed E-state index contributed by atoms with van der Waals surface area (Å²) in [7, 11) is 1.42. The minimum atomic E-state index is -1.02. The van der Waals surface area contributed by atoms with Crippen molar-refractivity contribution in [2.75, 3.05) is 0 Å². The molecule has 2 aromatic rings. The number of halogens is 3. The Hall–Kier alpha value is -2.26. The van der Waals surface area contributed by atoms with Gasteiger partial charge in [0.05, 0.1) is 11.6 Å². The summed E-state index contributed by atoms with van der Waals surface area (Å²) in [6.07, 6.45) is 0. The first-order valence-electron chi connectivity index (χ1n) is 7.56. The molecule has 0 saturated carbocycles. The molecule has 1 heterocycles. The molecule has 2 N–H and O–H groups in total. The molecule has 26 heavy (non-hydrogen) atoms. The van der Waals surface area contributed by atoms with Crippen molar-refractivity contribution in [1.29, 1.82) is 0 Å². The molecule has 0 unspecified atom stereocenters. The first-order valence-corrected chi connectivity index (χ1v) is 7.56. The zero-order valence-electron chi connectivity index (χ0n) is 15.0. The molecule has 0 bridgehead atoms. The van der Waals surface area contributed by atoms with Crippen molar-refractivity contribution < 1.29 is 18.3 Å². The van der Waals surface area contributed by atoms with Gasteiger partial charge in [-0.05, 0) is 33.8 Å². The standard InChI is InChI=1S/C16H20F2N4O3.ClH/c1-8(19)13-20-22(15(24)21(13)5)12-7-10(17)9(6-11(12)18)14(23)25-16(2,3)4;/h6-8H,19H2,1-5H3;1H/t8-;/m1./s1. The number of esters is 1. The normalized spacial score (nSPS) is 12.5. The molecule has 0 aliphatic heterocycles. The lowest BCUT2D eigenvalue weighted by Gasteiger charge is -2.19. The van der Waals surface area contributed by atoms with Gasteiger partial charge >= 0.3 is 11.7 Å². The summed E-state index contributed by atoms with van der Waals surface area (Å²) in [5.41, 5.74) is 3.18. The zero-order chi connectivity index (χ0) is 19.1. The third-order valence-corrected chi connectivity index (χ3v) is 3.30. The molecule has 0 amide bonds. The number of nitrogens with two attached hydrogens (primary N) is 1. The van der Waals surface area contributed by atoms with Crippen molar-refractivity contribution in [2.45, 2.75) is 39.3 Å². The van der Waals surface area contributed by atoms with Crippen molar-refractivity contribution in [2.24, 2.45) is 12.8 Å². The second-order valence-corrected chi connectivity index (χ2v) is 6.69. The fraction of sp³-hybridized carbons (Fsp3) is 0.438. The topological polar surface area (TPSA) is 92.1 Å². The molecule has 1 atom stereocenters. The average Bonchev–Trinajstić information content (AvgIpc) is 2.75. The van der Waals surface area contributed by atoms with Crippen LogP contribution in [-0.4, -0.2) is 25.9 Å². The van der Waals surface area contributed by atoms with Gasteiger partial charge in [-0.2, -0.15) is 4.68 Å². The highest BCUT2D eigenvalue weighted by molar-refractivity contribution is 5.90. The third kappa shape index (κ3) is 4.28. The van der Waals surface area contributed by atoms with E-state index in [2.05, 4.69) is 5.10 Å². The fourth-order valence-electron chi connectivity index (χ4n) is 2.19. The van der Waals surface area contributed by atoms with Crippen molar-refractivity contribution >= 4 is 18.4 Å². The van der Waals surface area contributed by atoms with Gasteiger partial charge < -0.3 is 10.5 Å². The number of ether oxygens (including phenoxy) is 1. The van der Waals surface area contributed by atoms with Crippen LogP contribution in [-0.2, 0) is 11.8 Å². The van der Waals surface area contributed by atoms with Crippen LogP contribution in [0.2, 0.25) is 0 Å². The highest BCUT2D eigenvalue weighted by Gasteiger charge is 2.24. The van der Waals surface area contributed by atoms with Crippen LogP contribution < -0.4 is 11.4 Å². The molecular weight excluding hydrogens is 370 g/mol.